The number of aromatic nitrogens is 1. The molecule has 0 bridgehead atoms. The van der Waals surface area contributed by atoms with Crippen LogP contribution < -0.4 is 5.73 Å². The maximum absolute atomic E-state index is 10.2. The minimum atomic E-state index is -0.464. The number of hydrogen-bond donors (Lipinski definition) is 2. The molecule has 0 saturated heterocycles. The van der Waals surface area contributed by atoms with Crippen LogP contribution in [0.2, 0.25) is 0 Å². The van der Waals surface area contributed by atoms with Crippen LogP contribution >= 0.6 is 0 Å². The fourth-order valence-corrected chi connectivity index (χ4v) is 2.22. The summed E-state index contributed by atoms with van der Waals surface area (Å²) in [5.41, 5.74) is 7.89. The average Bonchev–Trinajstić information content (AvgIpc) is 2.74. The van der Waals surface area contributed by atoms with Crippen molar-refractivity contribution in [3.8, 4) is 0 Å². The van der Waals surface area contributed by atoms with Crippen molar-refractivity contribution in [2.45, 2.75) is 33.3 Å². The van der Waals surface area contributed by atoms with Gasteiger partial charge in [-0.05, 0) is 36.3 Å². The Morgan fingerprint density at radius 3 is 2.67 bits per heavy atom. The zero-order chi connectivity index (χ0) is 11.2. The fourth-order valence-electron chi connectivity index (χ4n) is 2.22. The fraction of sp³-hybridized carbons (Fsp3) is 0.583. The van der Waals surface area contributed by atoms with Gasteiger partial charge in [-0.1, -0.05) is 13.8 Å². The Morgan fingerprint density at radius 1 is 1.60 bits per heavy atom. The summed E-state index contributed by atoms with van der Waals surface area (Å²) in [5.74, 6) is 0.785. The van der Waals surface area contributed by atoms with Crippen LogP contribution in [-0.4, -0.2) is 10.1 Å². The van der Waals surface area contributed by atoms with E-state index in [0.29, 0.717) is 11.7 Å². The van der Waals surface area contributed by atoms with Crippen LogP contribution in [0.25, 0.3) is 0 Å². The van der Waals surface area contributed by atoms with Gasteiger partial charge in [0.15, 0.2) is 0 Å². The molecule has 0 aromatic carbocycles. The molecule has 3 nitrogen and oxygen atoms in total. The summed E-state index contributed by atoms with van der Waals surface area (Å²) in [5, 5.41) is 10.2. The van der Waals surface area contributed by atoms with Gasteiger partial charge in [0, 0.05) is 11.8 Å². The first-order valence-corrected chi connectivity index (χ1v) is 5.32. The molecule has 2 unspecified atom stereocenters. The molecular formula is C12H18N2O. The third-order valence-corrected chi connectivity index (χ3v) is 3.51. The zero-order valence-corrected chi connectivity index (χ0v) is 9.49. The Hall–Kier alpha value is -1.09. The topological polar surface area (TPSA) is 59.1 Å². The molecule has 0 radical (unpaired) electrons. The molecule has 2 rings (SSSR count). The molecule has 1 heterocycles. The molecule has 0 spiro atoms. The summed E-state index contributed by atoms with van der Waals surface area (Å²) in [7, 11) is 0. The number of rotatable bonds is 2. The van der Waals surface area contributed by atoms with Crippen molar-refractivity contribution in [2.24, 2.45) is 11.3 Å². The standard InChI is InChI=1S/C12H18N2O/c1-7-4-5-14-11(13)9(7)10(15)8-6-12(8,2)3/h4-5,8,10,15H,6H2,1-3H3,(H2,13,14). The minimum Gasteiger partial charge on any atom is -0.388 e. The number of aryl methyl sites for hydroxylation is 1. The van der Waals surface area contributed by atoms with Crippen molar-refractivity contribution >= 4 is 5.82 Å². The normalized spacial score (nSPS) is 24.9. The van der Waals surface area contributed by atoms with E-state index in [1.165, 1.54) is 0 Å². The van der Waals surface area contributed by atoms with Gasteiger partial charge in [0.1, 0.15) is 5.82 Å². The van der Waals surface area contributed by atoms with Crippen LogP contribution in [0.4, 0.5) is 5.82 Å². The van der Waals surface area contributed by atoms with Gasteiger partial charge in [-0.2, -0.15) is 0 Å². The third-order valence-electron chi connectivity index (χ3n) is 3.51. The number of nitrogens with zero attached hydrogens (tertiary/aromatic N) is 1. The second-order valence-corrected chi connectivity index (χ2v) is 5.17. The van der Waals surface area contributed by atoms with E-state index in [1.54, 1.807) is 6.20 Å². The predicted molar refractivity (Wildman–Crippen MR) is 60.2 cm³/mol. The van der Waals surface area contributed by atoms with Gasteiger partial charge in [0.25, 0.3) is 0 Å². The number of aliphatic hydroxyl groups is 1. The monoisotopic (exact) mass is 206 g/mol. The summed E-state index contributed by atoms with van der Waals surface area (Å²) in [4.78, 5) is 4.04. The van der Waals surface area contributed by atoms with Gasteiger partial charge in [-0.25, -0.2) is 4.98 Å². The van der Waals surface area contributed by atoms with Gasteiger partial charge < -0.3 is 10.8 Å². The highest BCUT2D eigenvalue weighted by molar-refractivity contribution is 5.46. The van der Waals surface area contributed by atoms with E-state index in [1.807, 2.05) is 13.0 Å². The summed E-state index contributed by atoms with van der Waals surface area (Å²) in [6, 6.07) is 1.89. The van der Waals surface area contributed by atoms with Crippen molar-refractivity contribution in [2.75, 3.05) is 5.73 Å². The zero-order valence-electron chi connectivity index (χ0n) is 9.49. The van der Waals surface area contributed by atoms with Crippen molar-refractivity contribution in [1.82, 2.24) is 4.98 Å². The van der Waals surface area contributed by atoms with Crippen molar-refractivity contribution in [1.29, 1.82) is 0 Å². The predicted octanol–water partition coefficient (Wildman–Crippen LogP) is 2.05. The SMILES string of the molecule is Cc1ccnc(N)c1C(O)C1CC1(C)C. The highest BCUT2D eigenvalue weighted by atomic mass is 16.3. The van der Waals surface area contributed by atoms with E-state index >= 15 is 0 Å². The van der Waals surface area contributed by atoms with E-state index in [9.17, 15) is 5.11 Å². The van der Waals surface area contributed by atoms with Crippen LogP contribution in [0.15, 0.2) is 12.3 Å². The first kappa shape index (κ1) is 10.4. The van der Waals surface area contributed by atoms with Crippen LogP contribution in [0.5, 0.6) is 0 Å². The second-order valence-electron chi connectivity index (χ2n) is 5.17. The summed E-state index contributed by atoms with van der Waals surface area (Å²) < 4.78 is 0. The third kappa shape index (κ3) is 1.72. The minimum absolute atomic E-state index is 0.244. The van der Waals surface area contributed by atoms with E-state index in [0.717, 1.165) is 17.5 Å². The van der Waals surface area contributed by atoms with Gasteiger partial charge in [0.05, 0.1) is 6.10 Å². The maximum atomic E-state index is 10.2. The van der Waals surface area contributed by atoms with Crippen LogP contribution in [-0.2, 0) is 0 Å². The number of anilines is 1. The van der Waals surface area contributed by atoms with Crippen LogP contribution in [0.3, 0.4) is 0 Å². The molecule has 1 aliphatic carbocycles. The lowest BCUT2D eigenvalue weighted by atomic mass is 9.97. The molecule has 3 heteroatoms. The maximum Gasteiger partial charge on any atom is 0.129 e. The van der Waals surface area contributed by atoms with Crippen molar-refractivity contribution in [3.63, 3.8) is 0 Å². The van der Waals surface area contributed by atoms with Crippen LogP contribution in [0, 0.1) is 18.3 Å². The van der Waals surface area contributed by atoms with Gasteiger partial charge in [0.2, 0.25) is 0 Å². The van der Waals surface area contributed by atoms with Gasteiger partial charge in [-0.15, -0.1) is 0 Å². The molecule has 15 heavy (non-hydrogen) atoms. The Morgan fingerprint density at radius 2 is 2.20 bits per heavy atom. The number of pyridine rings is 1. The lowest BCUT2D eigenvalue weighted by molar-refractivity contribution is 0.138. The molecule has 1 aromatic heterocycles. The molecule has 0 aliphatic heterocycles. The molecule has 82 valence electrons. The molecular weight excluding hydrogens is 188 g/mol. The molecule has 1 aromatic rings. The highest BCUT2D eigenvalue weighted by Gasteiger charge is 2.50. The molecule has 1 aliphatic rings. The van der Waals surface area contributed by atoms with E-state index in [2.05, 4.69) is 18.8 Å². The quantitative estimate of drug-likeness (QED) is 0.778. The lowest BCUT2D eigenvalue weighted by Gasteiger charge is -2.16. The summed E-state index contributed by atoms with van der Waals surface area (Å²) in [6.45, 7) is 6.30. The first-order valence-electron chi connectivity index (χ1n) is 5.32. The Bertz CT molecular complexity index is 367. The number of nitrogens with two attached hydrogens (primary N) is 1. The van der Waals surface area contributed by atoms with Crippen molar-refractivity contribution < 1.29 is 5.11 Å². The Balaban J connectivity index is 2.30. The summed E-state index contributed by atoms with van der Waals surface area (Å²) >= 11 is 0. The van der Waals surface area contributed by atoms with E-state index in [4.69, 9.17) is 5.73 Å². The van der Waals surface area contributed by atoms with Gasteiger partial charge >= 0.3 is 0 Å². The lowest BCUT2D eigenvalue weighted by Crippen LogP contribution is -2.10. The Labute approximate surface area is 90.3 Å². The van der Waals surface area contributed by atoms with Gasteiger partial charge in [-0.3, -0.25) is 0 Å². The molecule has 1 fully saturated rings. The first-order chi connectivity index (χ1) is 6.93. The second kappa shape index (κ2) is 3.20. The van der Waals surface area contributed by atoms with E-state index in [-0.39, 0.29) is 5.41 Å². The smallest absolute Gasteiger partial charge is 0.129 e. The Kier molecular flexibility index (Phi) is 2.23. The van der Waals surface area contributed by atoms with E-state index < -0.39 is 6.10 Å². The number of aliphatic hydroxyl groups excluding tert-OH is 1. The molecule has 1 saturated carbocycles. The molecule has 0 amide bonds. The largest absolute Gasteiger partial charge is 0.388 e. The number of hydrogen-bond acceptors (Lipinski definition) is 3. The molecule has 2 atom stereocenters. The van der Waals surface area contributed by atoms with Crippen molar-refractivity contribution in [3.05, 3.63) is 23.4 Å². The molecule has 3 N–H and O–H groups in total. The van der Waals surface area contributed by atoms with Crippen LogP contribution in [0.1, 0.15) is 37.5 Å². The highest BCUT2D eigenvalue weighted by Crippen LogP contribution is 2.58. The summed E-state index contributed by atoms with van der Waals surface area (Å²) in [6.07, 6.45) is 2.27. The average molecular weight is 206 g/mol. The number of nitrogen functional groups attached to an aromatic ring is 1.